The van der Waals surface area contributed by atoms with Crippen LogP contribution in [0, 0.1) is 5.92 Å². The molecule has 0 spiro atoms. The maximum Gasteiger partial charge on any atom is 0.356 e. The predicted molar refractivity (Wildman–Crippen MR) is 90.8 cm³/mol. The fraction of sp³-hybridized carbons (Fsp3) is 0.611. The van der Waals surface area contributed by atoms with E-state index in [1.54, 1.807) is 12.3 Å². The number of methoxy groups -OCH3 is 1. The molecule has 2 rings (SSSR count). The molecule has 0 radical (unpaired) electrons. The molecule has 0 bridgehead atoms. The van der Waals surface area contributed by atoms with Crippen LogP contribution in [-0.4, -0.2) is 35.7 Å². The fourth-order valence-corrected chi connectivity index (χ4v) is 2.80. The molecule has 0 amide bonds. The van der Waals surface area contributed by atoms with Crippen LogP contribution in [-0.2, 0) is 14.3 Å². The average molecular weight is 334 g/mol. The van der Waals surface area contributed by atoms with E-state index in [2.05, 4.69) is 15.0 Å². The van der Waals surface area contributed by atoms with Crippen molar-refractivity contribution in [3.8, 4) is 0 Å². The van der Waals surface area contributed by atoms with Crippen LogP contribution >= 0.6 is 0 Å². The van der Waals surface area contributed by atoms with Gasteiger partial charge in [0, 0.05) is 6.04 Å². The van der Waals surface area contributed by atoms with Crippen LogP contribution in [0.4, 0.5) is 5.69 Å². The second-order valence-electron chi connectivity index (χ2n) is 7.15. The van der Waals surface area contributed by atoms with Crippen LogP contribution in [0.15, 0.2) is 18.3 Å². The van der Waals surface area contributed by atoms with Crippen LogP contribution in [0.2, 0.25) is 0 Å². The van der Waals surface area contributed by atoms with Crippen molar-refractivity contribution in [3.63, 3.8) is 0 Å². The molecule has 0 atom stereocenters. The van der Waals surface area contributed by atoms with Crippen molar-refractivity contribution in [1.82, 2.24) is 4.98 Å². The lowest BCUT2D eigenvalue weighted by Gasteiger charge is -2.30. The average Bonchev–Trinajstić information content (AvgIpc) is 2.54. The van der Waals surface area contributed by atoms with E-state index >= 15 is 0 Å². The summed E-state index contributed by atoms with van der Waals surface area (Å²) in [4.78, 5) is 27.6. The number of nitrogens with one attached hydrogen (secondary N) is 1. The zero-order chi connectivity index (χ0) is 17.7. The van der Waals surface area contributed by atoms with Gasteiger partial charge in [-0.3, -0.25) is 4.79 Å². The number of carbonyl (C=O) groups excluding carboxylic acids is 2. The van der Waals surface area contributed by atoms with Gasteiger partial charge >= 0.3 is 11.9 Å². The van der Waals surface area contributed by atoms with Crippen LogP contribution in [0.5, 0.6) is 0 Å². The molecule has 132 valence electrons. The van der Waals surface area contributed by atoms with Gasteiger partial charge in [0.05, 0.1) is 24.9 Å². The van der Waals surface area contributed by atoms with E-state index < -0.39 is 11.6 Å². The highest BCUT2D eigenvalue weighted by Crippen LogP contribution is 2.28. The van der Waals surface area contributed by atoms with Crippen LogP contribution in [0.1, 0.15) is 56.9 Å². The van der Waals surface area contributed by atoms with Crippen molar-refractivity contribution in [2.24, 2.45) is 5.92 Å². The highest BCUT2D eigenvalue weighted by molar-refractivity contribution is 5.87. The lowest BCUT2D eigenvalue weighted by Crippen LogP contribution is -2.33. The second kappa shape index (κ2) is 7.64. The minimum absolute atomic E-state index is 0.0119. The molecule has 1 aliphatic carbocycles. The number of pyridine rings is 1. The Bertz CT molecular complexity index is 570. The molecule has 0 saturated heterocycles. The molecule has 1 fully saturated rings. The number of anilines is 1. The van der Waals surface area contributed by atoms with Crippen molar-refractivity contribution < 1.29 is 19.1 Å². The molecule has 6 nitrogen and oxygen atoms in total. The third-order valence-corrected chi connectivity index (χ3v) is 4.00. The molecule has 1 aromatic heterocycles. The first kappa shape index (κ1) is 18.2. The summed E-state index contributed by atoms with van der Waals surface area (Å²) in [6.45, 7) is 5.68. The Balaban J connectivity index is 1.82. The van der Waals surface area contributed by atoms with Gasteiger partial charge in [-0.05, 0) is 58.6 Å². The van der Waals surface area contributed by atoms with Gasteiger partial charge in [0.1, 0.15) is 11.3 Å². The number of hydrogen-bond donors (Lipinski definition) is 1. The Morgan fingerprint density at radius 1 is 1.17 bits per heavy atom. The van der Waals surface area contributed by atoms with Crippen LogP contribution < -0.4 is 5.32 Å². The van der Waals surface area contributed by atoms with Crippen molar-refractivity contribution >= 4 is 17.6 Å². The highest BCUT2D eigenvalue weighted by Gasteiger charge is 2.29. The van der Waals surface area contributed by atoms with Gasteiger partial charge in [-0.2, -0.15) is 0 Å². The quantitative estimate of drug-likeness (QED) is 0.852. The number of hydrogen-bond acceptors (Lipinski definition) is 6. The fourth-order valence-electron chi connectivity index (χ4n) is 2.80. The smallest absolute Gasteiger partial charge is 0.356 e. The lowest BCUT2D eigenvalue weighted by molar-refractivity contribution is -0.161. The van der Waals surface area contributed by atoms with E-state index in [1.165, 1.54) is 7.11 Å². The van der Waals surface area contributed by atoms with E-state index in [0.717, 1.165) is 31.4 Å². The standard InChI is InChI=1S/C18H26N2O4/c1-18(2,3)24-16(21)12-5-7-13(8-6-12)20-14-9-10-15(19-11-14)17(22)23-4/h9-13,20H,5-8H2,1-4H3/t12-,13-. The molecule has 1 N–H and O–H groups in total. The van der Waals surface area contributed by atoms with Gasteiger partial charge in [0.2, 0.25) is 0 Å². The molecule has 1 saturated carbocycles. The van der Waals surface area contributed by atoms with Crippen molar-refractivity contribution in [2.75, 3.05) is 12.4 Å². The number of carbonyl (C=O) groups is 2. The van der Waals surface area contributed by atoms with Crippen LogP contribution in [0.3, 0.4) is 0 Å². The maximum atomic E-state index is 12.1. The predicted octanol–water partition coefficient (Wildman–Crippen LogP) is 3.18. The highest BCUT2D eigenvalue weighted by atomic mass is 16.6. The Labute approximate surface area is 142 Å². The van der Waals surface area contributed by atoms with E-state index in [4.69, 9.17) is 4.74 Å². The van der Waals surface area contributed by atoms with Gasteiger partial charge in [-0.25, -0.2) is 9.78 Å². The van der Waals surface area contributed by atoms with E-state index in [0.29, 0.717) is 6.04 Å². The Kier molecular flexibility index (Phi) is 5.80. The molecular weight excluding hydrogens is 308 g/mol. The number of rotatable bonds is 4. The minimum atomic E-state index is -0.445. The van der Waals surface area contributed by atoms with E-state index in [9.17, 15) is 9.59 Å². The third kappa shape index (κ3) is 5.22. The first-order valence-corrected chi connectivity index (χ1v) is 8.32. The first-order valence-electron chi connectivity index (χ1n) is 8.32. The van der Waals surface area contributed by atoms with Gasteiger partial charge in [-0.15, -0.1) is 0 Å². The zero-order valence-electron chi connectivity index (χ0n) is 14.8. The summed E-state index contributed by atoms with van der Waals surface area (Å²) in [5.74, 6) is -0.549. The summed E-state index contributed by atoms with van der Waals surface area (Å²) >= 11 is 0. The molecule has 1 aliphatic rings. The Hall–Kier alpha value is -2.11. The van der Waals surface area contributed by atoms with Gasteiger partial charge in [-0.1, -0.05) is 0 Å². The van der Waals surface area contributed by atoms with Gasteiger partial charge in [0.15, 0.2) is 0 Å². The zero-order valence-corrected chi connectivity index (χ0v) is 14.8. The SMILES string of the molecule is COC(=O)c1ccc(N[C@H]2CC[C@H](C(=O)OC(C)(C)C)CC2)cn1. The molecule has 6 heteroatoms. The monoisotopic (exact) mass is 334 g/mol. The molecule has 1 aromatic rings. The molecule has 1 heterocycles. The van der Waals surface area contributed by atoms with Gasteiger partial charge in [0.25, 0.3) is 0 Å². The van der Waals surface area contributed by atoms with E-state index in [1.807, 2.05) is 26.8 Å². The molecule has 24 heavy (non-hydrogen) atoms. The summed E-state index contributed by atoms with van der Waals surface area (Å²) in [7, 11) is 1.33. The largest absolute Gasteiger partial charge is 0.464 e. The Morgan fingerprint density at radius 3 is 2.33 bits per heavy atom. The lowest BCUT2D eigenvalue weighted by atomic mass is 9.86. The number of ether oxygens (including phenoxy) is 2. The molecule has 0 unspecified atom stereocenters. The van der Waals surface area contributed by atoms with Crippen LogP contribution in [0.25, 0.3) is 0 Å². The summed E-state index contributed by atoms with van der Waals surface area (Å²) in [6.07, 6.45) is 5.08. The summed E-state index contributed by atoms with van der Waals surface area (Å²) < 4.78 is 10.1. The number of aromatic nitrogens is 1. The molecular formula is C18H26N2O4. The van der Waals surface area contributed by atoms with Gasteiger partial charge < -0.3 is 14.8 Å². The van der Waals surface area contributed by atoms with E-state index in [-0.39, 0.29) is 17.6 Å². The summed E-state index contributed by atoms with van der Waals surface area (Å²) in [6, 6.07) is 3.76. The van der Waals surface area contributed by atoms with Crippen molar-refractivity contribution in [3.05, 3.63) is 24.0 Å². The molecule has 0 aliphatic heterocycles. The maximum absolute atomic E-state index is 12.1. The van der Waals surface area contributed by atoms with Crippen molar-refractivity contribution in [1.29, 1.82) is 0 Å². The summed E-state index contributed by atoms with van der Waals surface area (Å²) in [5, 5.41) is 3.41. The molecule has 0 aromatic carbocycles. The summed E-state index contributed by atoms with van der Waals surface area (Å²) in [5.41, 5.74) is 0.722. The first-order chi connectivity index (χ1) is 11.3. The second-order valence-corrected chi connectivity index (χ2v) is 7.15. The topological polar surface area (TPSA) is 77.5 Å². The normalized spacial score (nSPS) is 21.0. The Morgan fingerprint density at radius 2 is 1.83 bits per heavy atom. The number of nitrogens with zero attached hydrogens (tertiary/aromatic N) is 1. The van der Waals surface area contributed by atoms with Crippen molar-refractivity contribution in [2.45, 2.75) is 58.1 Å². The number of esters is 2. The minimum Gasteiger partial charge on any atom is -0.464 e. The third-order valence-electron chi connectivity index (χ3n) is 4.00.